The van der Waals surface area contributed by atoms with Crippen LogP contribution in [0.5, 0.6) is 11.5 Å². The van der Waals surface area contributed by atoms with Crippen molar-refractivity contribution in [1.82, 2.24) is 9.88 Å². The minimum atomic E-state index is -1.13. The molecule has 2 amide bonds. The van der Waals surface area contributed by atoms with Gasteiger partial charge in [0.2, 0.25) is 0 Å². The summed E-state index contributed by atoms with van der Waals surface area (Å²) in [4.78, 5) is 37.6. The Balaban J connectivity index is 1.96. The number of methoxy groups -OCH3 is 1. The number of rotatable bonds is 8. The Kier molecular flexibility index (Phi) is 8.31. The van der Waals surface area contributed by atoms with Gasteiger partial charge in [-0.05, 0) is 49.2 Å². The van der Waals surface area contributed by atoms with E-state index in [4.69, 9.17) is 9.47 Å². The third-order valence-electron chi connectivity index (χ3n) is 5.64. The molecule has 0 saturated carbocycles. The maximum atomic E-state index is 15.0. The molecule has 0 aliphatic rings. The first-order valence-electron chi connectivity index (χ1n) is 11.2. The van der Waals surface area contributed by atoms with Crippen LogP contribution in [0.4, 0.5) is 14.9 Å². The number of urea groups is 1. The smallest absolute Gasteiger partial charge is 0.319 e. The predicted octanol–water partition coefficient (Wildman–Crippen LogP) is 4.03. The first-order chi connectivity index (χ1) is 17.1. The molecular formula is C26H28FN3O6. The van der Waals surface area contributed by atoms with Crippen LogP contribution in [0.3, 0.4) is 0 Å². The lowest BCUT2D eigenvalue weighted by atomic mass is 9.97. The fraction of sp³-hybridized carbons (Fsp3) is 0.269. The van der Waals surface area contributed by atoms with Gasteiger partial charge in [0.15, 0.2) is 5.69 Å². The van der Waals surface area contributed by atoms with E-state index in [1.807, 2.05) is 6.07 Å². The van der Waals surface area contributed by atoms with Crippen LogP contribution in [0, 0.1) is 12.7 Å². The maximum absolute atomic E-state index is 15.0. The van der Waals surface area contributed by atoms with Gasteiger partial charge in [-0.3, -0.25) is 9.59 Å². The number of anilines is 1. The Labute approximate surface area is 207 Å². The monoisotopic (exact) mass is 497 g/mol. The van der Waals surface area contributed by atoms with Gasteiger partial charge >= 0.3 is 12.0 Å². The van der Waals surface area contributed by atoms with Gasteiger partial charge in [0, 0.05) is 24.4 Å². The topological polar surface area (TPSA) is 119 Å². The SMILES string of the molecule is CCOC(=O)CC(NC(=O)Nc1c(O)cc(C)n(C)c1=O)c1cc(-c2cccc(OC)c2)ccc1F. The number of benzene rings is 2. The number of ether oxygens (including phenoxy) is 2. The number of carbonyl (C=O) groups is 2. The Bertz CT molecular complexity index is 1340. The van der Waals surface area contributed by atoms with Crippen LogP contribution in [0.1, 0.15) is 30.6 Å². The second-order valence-electron chi connectivity index (χ2n) is 8.04. The average Bonchev–Trinajstić information content (AvgIpc) is 2.85. The minimum absolute atomic E-state index is 0.0413. The van der Waals surface area contributed by atoms with E-state index in [1.54, 1.807) is 38.1 Å². The largest absolute Gasteiger partial charge is 0.505 e. The highest BCUT2D eigenvalue weighted by molar-refractivity contribution is 5.91. The number of carbonyl (C=O) groups excluding carboxylic acids is 2. The number of halogens is 1. The number of nitrogens with one attached hydrogen (secondary N) is 2. The zero-order valence-corrected chi connectivity index (χ0v) is 20.4. The molecule has 1 heterocycles. The van der Waals surface area contributed by atoms with Crippen molar-refractivity contribution in [3.05, 3.63) is 76.0 Å². The standard InChI is InChI=1S/C26H28FN3O6/c1-5-36-23(32)14-21(28-26(34)29-24-22(31)11-15(2)30(3)25(24)33)19-13-17(9-10-20(19)27)16-7-6-8-18(12-16)35-4/h6-13,21,31H,5,14H2,1-4H3,(H2,28,29,34). The molecule has 190 valence electrons. The van der Waals surface area contributed by atoms with Crippen LogP contribution in [0.25, 0.3) is 11.1 Å². The molecule has 0 bridgehead atoms. The maximum Gasteiger partial charge on any atom is 0.319 e. The molecule has 36 heavy (non-hydrogen) atoms. The van der Waals surface area contributed by atoms with Gasteiger partial charge in [0.1, 0.15) is 17.3 Å². The molecule has 0 aliphatic carbocycles. The number of aryl methyl sites for hydroxylation is 1. The van der Waals surface area contributed by atoms with Gasteiger partial charge in [-0.25, -0.2) is 9.18 Å². The second-order valence-corrected chi connectivity index (χ2v) is 8.04. The molecule has 0 fully saturated rings. The van der Waals surface area contributed by atoms with E-state index in [9.17, 15) is 23.9 Å². The molecule has 2 aromatic carbocycles. The summed E-state index contributed by atoms with van der Waals surface area (Å²) in [6, 6.07) is 10.8. The number of esters is 1. The van der Waals surface area contributed by atoms with Crippen molar-refractivity contribution in [3.63, 3.8) is 0 Å². The fourth-order valence-corrected chi connectivity index (χ4v) is 3.65. The van der Waals surface area contributed by atoms with E-state index >= 15 is 0 Å². The molecule has 10 heteroatoms. The Morgan fingerprint density at radius 2 is 1.86 bits per heavy atom. The summed E-state index contributed by atoms with van der Waals surface area (Å²) in [5.74, 6) is -1.11. The lowest BCUT2D eigenvalue weighted by molar-refractivity contribution is -0.143. The highest BCUT2D eigenvalue weighted by atomic mass is 19.1. The minimum Gasteiger partial charge on any atom is -0.505 e. The van der Waals surface area contributed by atoms with Gasteiger partial charge in [-0.1, -0.05) is 18.2 Å². The number of aromatic hydroxyl groups is 1. The molecule has 3 rings (SSSR count). The molecule has 9 nitrogen and oxygen atoms in total. The first-order valence-corrected chi connectivity index (χ1v) is 11.2. The van der Waals surface area contributed by atoms with Gasteiger partial charge in [0.25, 0.3) is 5.56 Å². The molecule has 1 aromatic heterocycles. The van der Waals surface area contributed by atoms with Crippen LogP contribution in [-0.4, -0.2) is 35.4 Å². The number of amides is 2. The van der Waals surface area contributed by atoms with Crippen LogP contribution >= 0.6 is 0 Å². The summed E-state index contributed by atoms with van der Waals surface area (Å²) in [6.45, 7) is 3.36. The summed E-state index contributed by atoms with van der Waals surface area (Å²) in [7, 11) is 3.02. The van der Waals surface area contributed by atoms with E-state index in [0.29, 0.717) is 17.0 Å². The van der Waals surface area contributed by atoms with E-state index in [-0.39, 0.29) is 24.3 Å². The second kappa shape index (κ2) is 11.4. The molecular weight excluding hydrogens is 469 g/mol. The van der Waals surface area contributed by atoms with Gasteiger partial charge < -0.3 is 29.8 Å². The van der Waals surface area contributed by atoms with Crippen molar-refractivity contribution in [2.45, 2.75) is 26.3 Å². The lowest BCUT2D eigenvalue weighted by Gasteiger charge is -2.21. The molecule has 1 atom stereocenters. The normalized spacial score (nSPS) is 11.5. The lowest BCUT2D eigenvalue weighted by Crippen LogP contribution is -2.36. The zero-order chi connectivity index (χ0) is 26.4. The van der Waals surface area contributed by atoms with Crippen LogP contribution in [0.15, 0.2) is 53.3 Å². The molecule has 0 aliphatic heterocycles. The van der Waals surface area contributed by atoms with Crippen LogP contribution < -0.4 is 20.9 Å². The summed E-state index contributed by atoms with van der Waals surface area (Å²) in [5.41, 5.74) is 0.922. The van der Waals surface area contributed by atoms with E-state index < -0.39 is 35.2 Å². The van der Waals surface area contributed by atoms with Crippen molar-refractivity contribution in [3.8, 4) is 22.6 Å². The third kappa shape index (κ3) is 6.01. The summed E-state index contributed by atoms with van der Waals surface area (Å²) >= 11 is 0. The number of hydrogen-bond acceptors (Lipinski definition) is 6. The fourth-order valence-electron chi connectivity index (χ4n) is 3.65. The average molecular weight is 498 g/mol. The van der Waals surface area contributed by atoms with Crippen LogP contribution in [-0.2, 0) is 16.6 Å². The number of pyridine rings is 1. The highest BCUT2D eigenvalue weighted by Crippen LogP contribution is 2.30. The van der Waals surface area contributed by atoms with Crippen LogP contribution in [0.2, 0.25) is 0 Å². The van der Waals surface area contributed by atoms with Crippen molar-refractivity contribution in [1.29, 1.82) is 0 Å². The highest BCUT2D eigenvalue weighted by Gasteiger charge is 2.24. The quantitative estimate of drug-likeness (QED) is 0.405. The summed E-state index contributed by atoms with van der Waals surface area (Å²) in [5, 5.41) is 15.0. The van der Waals surface area contributed by atoms with Crippen molar-refractivity contribution in [2.75, 3.05) is 19.0 Å². The molecule has 3 aromatic rings. The zero-order valence-electron chi connectivity index (χ0n) is 20.4. The van der Waals surface area contributed by atoms with Crippen molar-refractivity contribution < 1.29 is 28.6 Å². The van der Waals surface area contributed by atoms with Crippen molar-refractivity contribution in [2.24, 2.45) is 7.05 Å². The van der Waals surface area contributed by atoms with Gasteiger partial charge in [-0.15, -0.1) is 0 Å². The summed E-state index contributed by atoms with van der Waals surface area (Å²) in [6.07, 6.45) is -0.363. The molecule has 1 unspecified atom stereocenters. The number of nitrogens with zero attached hydrogens (tertiary/aromatic N) is 1. The van der Waals surface area contributed by atoms with E-state index in [0.717, 1.165) is 5.56 Å². The molecule has 3 N–H and O–H groups in total. The molecule has 0 radical (unpaired) electrons. The first kappa shape index (κ1) is 26.3. The molecule has 0 spiro atoms. The van der Waals surface area contributed by atoms with E-state index in [2.05, 4.69) is 10.6 Å². The number of aromatic nitrogens is 1. The Morgan fingerprint density at radius 1 is 1.14 bits per heavy atom. The Morgan fingerprint density at radius 3 is 2.56 bits per heavy atom. The third-order valence-corrected chi connectivity index (χ3v) is 5.64. The summed E-state index contributed by atoms with van der Waals surface area (Å²) < 4.78 is 26.5. The predicted molar refractivity (Wildman–Crippen MR) is 133 cm³/mol. The van der Waals surface area contributed by atoms with E-state index in [1.165, 1.54) is 36.9 Å². The molecule has 0 saturated heterocycles. The van der Waals surface area contributed by atoms with Gasteiger partial charge in [0.05, 0.1) is 26.2 Å². The van der Waals surface area contributed by atoms with Crippen molar-refractivity contribution >= 4 is 17.7 Å². The van der Waals surface area contributed by atoms with Gasteiger partial charge in [-0.2, -0.15) is 0 Å². The Hall–Kier alpha value is -4.34. The number of hydrogen-bond donors (Lipinski definition) is 3.